The number of Topliss-reactive ketones (excluding diaryl/α,β-unsaturated/α-hetero) is 1. The molecule has 0 amide bonds. The quantitative estimate of drug-likeness (QED) is 0.771. The Hall–Kier alpha value is -1.75. The molecule has 1 heterocycles. The van der Waals surface area contributed by atoms with E-state index in [0.29, 0.717) is 17.1 Å². The summed E-state index contributed by atoms with van der Waals surface area (Å²) in [5, 5.41) is 0. The van der Waals surface area contributed by atoms with E-state index in [1.807, 2.05) is 43.7 Å². The van der Waals surface area contributed by atoms with E-state index in [1.54, 1.807) is 13.2 Å². The normalized spacial score (nSPS) is 10.5. The van der Waals surface area contributed by atoms with E-state index in [9.17, 15) is 4.79 Å². The topological polar surface area (TPSA) is 40.5 Å². The zero-order valence-corrected chi connectivity index (χ0v) is 14.2. The van der Waals surface area contributed by atoms with E-state index in [4.69, 9.17) is 9.47 Å². The minimum absolute atomic E-state index is 0.0245. The van der Waals surface area contributed by atoms with E-state index in [1.165, 1.54) is 0 Å². The van der Waals surface area contributed by atoms with Gasteiger partial charge in [-0.3, -0.25) is 4.79 Å². The lowest BCUT2D eigenvalue weighted by atomic mass is 10.1. The highest BCUT2D eigenvalue weighted by molar-refractivity contribution is 9.10. The smallest absolute Gasteiger partial charge is 0.202 e. The molecule has 0 spiro atoms. The third-order valence-corrected chi connectivity index (χ3v) is 4.20. The van der Waals surface area contributed by atoms with Gasteiger partial charge in [-0.2, -0.15) is 0 Å². The van der Waals surface area contributed by atoms with Crippen LogP contribution in [-0.4, -0.2) is 24.1 Å². The van der Waals surface area contributed by atoms with Gasteiger partial charge < -0.3 is 14.0 Å². The SMILES string of the molecule is COc1cccc(Br)c1OCC(=O)c1cc(C)n(C)c1C. The van der Waals surface area contributed by atoms with Gasteiger partial charge in [0.2, 0.25) is 5.78 Å². The number of halogens is 1. The fraction of sp³-hybridized carbons (Fsp3) is 0.312. The number of ether oxygens (including phenoxy) is 2. The van der Waals surface area contributed by atoms with Crippen LogP contribution < -0.4 is 9.47 Å². The number of carbonyl (C=O) groups excluding carboxylic acids is 1. The Balaban J connectivity index is 2.17. The van der Waals surface area contributed by atoms with E-state index in [-0.39, 0.29) is 12.4 Å². The van der Waals surface area contributed by atoms with Gasteiger partial charge in [0, 0.05) is 24.0 Å². The number of ketones is 1. The van der Waals surface area contributed by atoms with Gasteiger partial charge in [0.25, 0.3) is 0 Å². The van der Waals surface area contributed by atoms with E-state index < -0.39 is 0 Å². The maximum Gasteiger partial charge on any atom is 0.202 e. The highest BCUT2D eigenvalue weighted by Crippen LogP contribution is 2.34. The van der Waals surface area contributed by atoms with Crippen LogP contribution >= 0.6 is 15.9 Å². The zero-order valence-electron chi connectivity index (χ0n) is 12.6. The molecule has 0 unspecified atom stereocenters. The second-order valence-electron chi connectivity index (χ2n) is 4.83. The molecule has 21 heavy (non-hydrogen) atoms. The summed E-state index contributed by atoms with van der Waals surface area (Å²) in [6.07, 6.45) is 0. The number of hydrogen-bond donors (Lipinski definition) is 0. The molecule has 112 valence electrons. The lowest BCUT2D eigenvalue weighted by Crippen LogP contribution is -2.13. The van der Waals surface area contributed by atoms with Gasteiger partial charge in [0.05, 0.1) is 11.6 Å². The van der Waals surface area contributed by atoms with Gasteiger partial charge in [0.1, 0.15) is 0 Å². The van der Waals surface area contributed by atoms with Crippen molar-refractivity contribution in [3.63, 3.8) is 0 Å². The highest BCUT2D eigenvalue weighted by Gasteiger charge is 2.16. The Kier molecular flexibility index (Phi) is 4.73. The van der Waals surface area contributed by atoms with Crippen LogP contribution in [0.1, 0.15) is 21.7 Å². The standard InChI is InChI=1S/C16H18BrNO3/c1-10-8-12(11(2)18(10)3)14(19)9-21-16-13(17)6-5-7-15(16)20-4/h5-8H,9H2,1-4H3. The van der Waals surface area contributed by atoms with E-state index >= 15 is 0 Å². The van der Waals surface area contributed by atoms with E-state index in [2.05, 4.69) is 15.9 Å². The molecule has 0 aliphatic rings. The molecule has 0 atom stereocenters. The van der Waals surface area contributed by atoms with E-state index in [0.717, 1.165) is 15.9 Å². The van der Waals surface area contributed by atoms with Crippen molar-refractivity contribution in [1.29, 1.82) is 0 Å². The van der Waals surface area contributed by atoms with Gasteiger partial charge >= 0.3 is 0 Å². The van der Waals surface area contributed by atoms with Crippen molar-refractivity contribution in [2.75, 3.05) is 13.7 Å². The number of hydrogen-bond acceptors (Lipinski definition) is 3. The summed E-state index contributed by atoms with van der Waals surface area (Å²) in [5.74, 6) is 1.09. The minimum atomic E-state index is -0.0472. The van der Waals surface area contributed by atoms with Crippen LogP contribution in [0.3, 0.4) is 0 Å². The number of para-hydroxylation sites is 1. The molecular weight excluding hydrogens is 334 g/mol. The molecule has 1 aromatic carbocycles. The summed E-state index contributed by atoms with van der Waals surface area (Å²) >= 11 is 3.40. The molecular formula is C16H18BrNO3. The molecule has 0 aliphatic carbocycles. The highest BCUT2D eigenvalue weighted by atomic mass is 79.9. The summed E-state index contributed by atoms with van der Waals surface area (Å²) in [7, 11) is 3.51. The van der Waals surface area contributed by atoms with Gasteiger partial charge in [-0.25, -0.2) is 0 Å². The summed E-state index contributed by atoms with van der Waals surface area (Å²) in [5.41, 5.74) is 2.69. The Morgan fingerprint density at radius 1 is 1.33 bits per heavy atom. The number of rotatable bonds is 5. The molecule has 0 saturated carbocycles. The number of aromatic nitrogens is 1. The van der Waals surface area contributed by atoms with Gasteiger partial charge in [-0.05, 0) is 48.0 Å². The van der Waals surface area contributed by atoms with Crippen molar-refractivity contribution in [1.82, 2.24) is 4.57 Å². The first kappa shape index (κ1) is 15.6. The molecule has 0 saturated heterocycles. The minimum Gasteiger partial charge on any atom is -0.493 e. The number of benzene rings is 1. The summed E-state index contributed by atoms with van der Waals surface area (Å²) in [4.78, 5) is 12.3. The van der Waals surface area contributed by atoms with Crippen molar-refractivity contribution in [2.45, 2.75) is 13.8 Å². The van der Waals surface area contributed by atoms with Crippen molar-refractivity contribution in [3.05, 3.63) is 45.7 Å². The fourth-order valence-corrected chi connectivity index (χ4v) is 2.61. The summed E-state index contributed by atoms with van der Waals surface area (Å²) < 4.78 is 13.6. The Labute approximate surface area is 132 Å². The average Bonchev–Trinajstić information content (AvgIpc) is 2.73. The van der Waals surface area contributed by atoms with Crippen molar-refractivity contribution in [3.8, 4) is 11.5 Å². The second-order valence-corrected chi connectivity index (χ2v) is 5.68. The van der Waals surface area contributed by atoms with Crippen LogP contribution in [0.2, 0.25) is 0 Å². The van der Waals surface area contributed by atoms with Gasteiger partial charge in [0.15, 0.2) is 18.1 Å². The first-order chi connectivity index (χ1) is 9.95. The molecule has 2 rings (SSSR count). The number of aryl methyl sites for hydroxylation is 1. The number of nitrogens with zero attached hydrogens (tertiary/aromatic N) is 1. The van der Waals surface area contributed by atoms with Crippen LogP contribution in [0.25, 0.3) is 0 Å². The Bertz CT molecular complexity index is 676. The maximum atomic E-state index is 12.3. The van der Waals surface area contributed by atoms with Gasteiger partial charge in [-0.1, -0.05) is 6.07 Å². The predicted molar refractivity (Wildman–Crippen MR) is 85.4 cm³/mol. The van der Waals surface area contributed by atoms with Crippen LogP contribution in [0.4, 0.5) is 0 Å². The number of carbonyl (C=O) groups is 1. The fourth-order valence-electron chi connectivity index (χ4n) is 2.14. The third kappa shape index (κ3) is 3.13. The largest absolute Gasteiger partial charge is 0.493 e. The molecule has 4 nitrogen and oxygen atoms in total. The van der Waals surface area contributed by atoms with Crippen LogP contribution in [0.5, 0.6) is 11.5 Å². The third-order valence-electron chi connectivity index (χ3n) is 3.57. The van der Waals surface area contributed by atoms with Crippen molar-refractivity contribution in [2.24, 2.45) is 7.05 Å². The monoisotopic (exact) mass is 351 g/mol. The zero-order chi connectivity index (χ0) is 15.6. The molecule has 0 aliphatic heterocycles. The van der Waals surface area contributed by atoms with Crippen LogP contribution in [-0.2, 0) is 7.05 Å². The lowest BCUT2D eigenvalue weighted by Gasteiger charge is -2.11. The molecule has 0 bridgehead atoms. The summed E-state index contributed by atoms with van der Waals surface area (Å²) in [6.45, 7) is 3.88. The Morgan fingerprint density at radius 3 is 2.62 bits per heavy atom. The Morgan fingerprint density at radius 2 is 2.05 bits per heavy atom. The average molecular weight is 352 g/mol. The van der Waals surface area contributed by atoms with Crippen LogP contribution in [0.15, 0.2) is 28.7 Å². The predicted octanol–water partition coefficient (Wildman–Crippen LogP) is 3.67. The van der Waals surface area contributed by atoms with Crippen LogP contribution in [0, 0.1) is 13.8 Å². The second kappa shape index (κ2) is 6.35. The molecule has 5 heteroatoms. The van der Waals surface area contributed by atoms with Crippen molar-refractivity contribution >= 4 is 21.7 Å². The molecule has 2 aromatic rings. The number of methoxy groups -OCH3 is 1. The molecule has 0 N–H and O–H groups in total. The first-order valence-electron chi connectivity index (χ1n) is 6.57. The molecule has 1 aromatic heterocycles. The lowest BCUT2D eigenvalue weighted by molar-refractivity contribution is 0.0918. The first-order valence-corrected chi connectivity index (χ1v) is 7.36. The maximum absolute atomic E-state index is 12.3. The molecule has 0 fully saturated rings. The van der Waals surface area contributed by atoms with Crippen molar-refractivity contribution < 1.29 is 14.3 Å². The molecule has 0 radical (unpaired) electrons. The van der Waals surface area contributed by atoms with Gasteiger partial charge in [-0.15, -0.1) is 0 Å². The summed E-state index contributed by atoms with van der Waals surface area (Å²) in [6, 6.07) is 7.38.